The van der Waals surface area contributed by atoms with Crippen LogP contribution in [0.4, 0.5) is 0 Å². The lowest BCUT2D eigenvalue weighted by Gasteiger charge is -2.16. The van der Waals surface area contributed by atoms with Gasteiger partial charge in [-0.2, -0.15) is 0 Å². The molecule has 1 atom stereocenters. The van der Waals surface area contributed by atoms with Crippen molar-refractivity contribution in [1.29, 1.82) is 0 Å². The van der Waals surface area contributed by atoms with Gasteiger partial charge < -0.3 is 0 Å². The first kappa shape index (κ1) is 12.0. The maximum Gasteiger partial charge on any atom is 0.0287 e. The van der Waals surface area contributed by atoms with Gasteiger partial charge in [-0.25, -0.2) is 0 Å². The Labute approximate surface area is 92.2 Å². The molecule has 0 aliphatic carbocycles. The smallest absolute Gasteiger partial charge is 0.0287 e. The number of hydrogen-bond donors (Lipinski definition) is 2. The van der Waals surface area contributed by atoms with Crippen molar-refractivity contribution in [2.45, 2.75) is 32.2 Å². The first-order valence-corrected chi connectivity index (χ1v) is 5.43. The Morgan fingerprint density at radius 1 is 1.40 bits per heavy atom. The molecule has 0 saturated carbocycles. The Morgan fingerprint density at radius 3 is 2.60 bits per heavy atom. The zero-order valence-corrected chi connectivity index (χ0v) is 9.37. The Kier molecular flexibility index (Phi) is 5.08. The van der Waals surface area contributed by atoms with Gasteiger partial charge in [0, 0.05) is 6.04 Å². The molecule has 82 valence electrons. The summed E-state index contributed by atoms with van der Waals surface area (Å²) in [6, 6.07) is 10.7. The van der Waals surface area contributed by atoms with Crippen LogP contribution in [0, 0.1) is 0 Å². The number of nitrogens with two attached hydrogens (primary N) is 1. The van der Waals surface area contributed by atoms with E-state index in [9.17, 15) is 0 Å². The summed E-state index contributed by atoms with van der Waals surface area (Å²) in [6.07, 6.45) is 2.92. The van der Waals surface area contributed by atoms with Crippen LogP contribution in [-0.4, -0.2) is 6.04 Å². The van der Waals surface area contributed by atoms with E-state index < -0.39 is 0 Å². The lowest BCUT2D eigenvalue weighted by Crippen LogP contribution is -2.37. The molecule has 1 rings (SSSR count). The van der Waals surface area contributed by atoms with Gasteiger partial charge in [0.25, 0.3) is 0 Å². The minimum absolute atomic E-state index is 0.292. The second kappa shape index (κ2) is 6.38. The molecule has 0 saturated heterocycles. The molecule has 15 heavy (non-hydrogen) atoms. The average molecular weight is 204 g/mol. The summed E-state index contributed by atoms with van der Waals surface area (Å²) in [5.74, 6) is 5.53. The van der Waals surface area contributed by atoms with E-state index in [-0.39, 0.29) is 0 Å². The lowest BCUT2D eigenvalue weighted by atomic mass is 9.99. The molecule has 2 nitrogen and oxygen atoms in total. The van der Waals surface area contributed by atoms with Gasteiger partial charge in [-0.1, -0.05) is 49.4 Å². The van der Waals surface area contributed by atoms with Crippen LogP contribution in [0.3, 0.4) is 0 Å². The molecule has 0 heterocycles. The van der Waals surface area contributed by atoms with Crippen LogP contribution in [0.1, 0.15) is 25.3 Å². The van der Waals surface area contributed by atoms with E-state index in [4.69, 9.17) is 5.84 Å². The van der Waals surface area contributed by atoms with Crippen molar-refractivity contribution in [2.75, 3.05) is 0 Å². The summed E-state index contributed by atoms with van der Waals surface area (Å²) in [6.45, 7) is 6.13. The fraction of sp³-hybridized carbons (Fsp3) is 0.385. The largest absolute Gasteiger partial charge is 0.271 e. The molecule has 0 bridgehead atoms. The van der Waals surface area contributed by atoms with E-state index >= 15 is 0 Å². The summed E-state index contributed by atoms with van der Waals surface area (Å²) >= 11 is 0. The van der Waals surface area contributed by atoms with E-state index in [2.05, 4.69) is 43.2 Å². The van der Waals surface area contributed by atoms with Crippen molar-refractivity contribution in [2.24, 2.45) is 5.84 Å². The van der Waals surface area contributed by atoms with E-state index in [1.54, 1.807) is 0 Å². The van der Waals surface area contributed by atoms with Gasteiger partial charge >= 0.3 is 0 Å². The average Bonchev–Trinajstić information content (AvgIpc) is 2.29. The van der Waals surface area contributed by atoms with Crippen LogP contribution < -0.4 is 11.3 Å². The number of benzene rings is 1. The monoisotopic (exact) mass is 204 g/mol. The zero-order chi connectivity index (χ0) is 11.1. The highest BCUT2D eigenvalue weighted by molar-refractivity contribution is 5.16. The molecule has 2 heteroatoms. The zero-order valence-electron chi connectivity index (χ0n) is 9.37. The topological polar surface area (TPSA) is 38.0 Å². The Balaban J connectivity index is 2.50. The summed E-state index contributed by atoms with van der Waals surface area (Å²) in [5.41, 5.74) is 5.41. The van der Waals surface area contributed by atoms with E-state index in [0.29, 0.717) is 6.04 Å². The minimum atomic E-state index is 0.292. The second-order valence-corrected chi connectivity index (χ2v) is 3.86. The maximum atomic E-state index is 5.53. The normalized spacial score (nSPS) is 12.4. The van der Waals surface area contributed by atoms with Crippen molar-refractivity contribution in [3.05, 3.63) is 48.0 Å². The molecule has 3 N–H and O–H groups in total. The second-order valence-electron chi connectivity index (χ2n) is 3.86. The highest BCUT2D eigenvalue weighted by Crippen LogP contribution is 2.11. The van der Waals surface area contributed by atoms with Crippen molar-refractivity contribution < 1.29 is 0 Å². The standard InChI is InChI=1S/C13H20N2/c1-3-11(2)9-13(15-14)10-12-7-5-4-6-8-12/h4-8,13,15H,2-3,9-10,14H2,1H3. The van der Waals surface area contributed by atoms with Gasteiger partial charge in [0.15, 0.2) is 0 Å². The molecule has 0 aromatic heterocycles. The van der Waals surface area contributed by atoms with E-state index in [1.165, 1.54) is 11.1 Å². The molecule has 0 aliphatic heterocycles. The number of rotatable bonds is 6. The maximum absolute atomic E-state index is 5.53. The first-order valence-electron chi connectivity index (χ1n) is 5.43. The number of nitrogens with one attached hydrogen (secondary N) is 1. The summed E-state index contributed by atoms with van der Waals surface area (Å²) in [5, 5.41) is 0. The highest BCUT2D eigenvalue weighted by atomic mass is 15.2. The summed E-state index contributed by atoms with van der Waals surface area (Å²) in [4.78, 5) is 0. The van der Waals surface area contributed by atoms with Crippen LogP contribution in [0.25, 0.3) is 0 Å². The van der Waals surface area contributed by atoms with Gasteiger partial charge in [-0.05, 0) is 24.8 Å². The van der Waals surface area contributed by atoms with Crippen LogP contribution in [0.15, 0.2) is 42.5 Å². The Morgan fingerprint density at radius 2 is 2.07 bits per heavy atom. The van der Waals surface area contributed by atoms with Crippen molar-refractivity contribution in [3.63, 3.8) is 0 Å². The van der Waals surface area contributed by atoms with Gasteiger partial charge in [0.05, 0.1) is 0 Å². The molecule has 0 aliphatic rings. The number of hydrogen-bond acceptors (Lipinski definition) is 2. The predicted octanol–water partition coefficient (Wildman–Crippen LogP) is 2.42. The highest BCUT2D eigenvalue weighted by Gasteiger charge is 2.08. The third-order valence-corrected chi connectivity index (χ3v) is 2.60. The Bertz CT molecular complexity index is 293. The summed E-state index contributed by atoms with van der Waals surface area (Å²) < 4.78 is 0. The van der Waals surface area contributed by atoms with Gasteiger partial charge in [-0.3, -0.25) is 11.3 Å². The molecule has 0 amide bonds. The van der Waals surface area contributed by atoms with Crippen LogP contribution in [0.5, 0.6) is 0 Å². The van der Waals surface area contributed by atoms with E-state index in [1.807, 2.05) is 6.07 Å². The Hall–Kier alpha value is -1.12. The van der Waals surface area contributed by atoms with Gasteiger partial charge in [-0.15, -0.1) is 0 Å². The predicted molar refractivity (Wildman–Crippen MR) is 65.3 cm³/mol. The SMILES string of the molecule is C=C(CC)CC(Cc1ccccc1)NN. The van der Waals surface area contributed by atoms with Crippen molar-refractivity contribution >= 4 is 0 Å². The summed E-state index contributed by atoms with van der Waals surface area (Å²) in [7, 11) is 0. The molecule has 0 fully saturated rings. The first-order chi connectivity index (χ1) is 7.26. The molecule has 1 unspecified atom stereocenters. The third kappa shape index (κ3) is 4.28. The third-order valence-electron chi connectivity index (χ3n) is 2.60. The number of hydrazine groups is 1. The molecule has 1 aromatic carbocycles. The molecule has 1 aromatic rings. The van der Waals surface area contributed by atoms with E-state index in [0.717, 1.165) is 19.3 Å². The molecule has 0 radical (unpaired) electrons. The molecular formula is C13H20N2. The fourth-order valence-electron chi connectivity index (χ4n) is 1.58. The molecule has 0 spiro atoms. The van der Waals surface area contributed by atoms with Gasteiger partial charge in [0.2, 0.25) is 0 Å². The molecular weight excluding hydrogens is 184 g/mol. The van der Waals surface area contributed by atoms with Crippen LogP contribution in [-0.2, 0) is 6.42 Å². The van der Waals surface area contributed by atoms with Crippen molar-refractivity contribution in [3.8, 4) is 0 Å². The minimum Gasteiger partial charge on any atom is -0.271 e. The van der Waals surface area contributed by atoms with Crippen molar-refractivity contribution in [1.82, 2.24) is 5.43 Å². The van der Waals surface area contributed by atoms with Gasteiger partial charge in [0.1, 0.15) is 0 Å². The van der Waals surface area contributed by atoms with Crippen LogP contribution >= 0.6 is 0 Å². The lowest BCUT2D eigenvalue weighted by molar-refractivity contribution is 0.516. The van der Waals surface area contributed by atoms with Crippen LogP contribution in [0.2, 0.25) is 0 Å². The quantitative estimate of drug-likeness (QED) is 0.424. The fourth-order valence-corrected chi connectivity index (χ4v) is 1.58.